The van der Waals surface area contributed by atoms with Gasteiger partial charge in [-0.3, -0.25) is 9.59 Å². The molecule has 0 aliphatic heterocycles. The Balaban J connectivity index is 4.92. The molecule has 0 aromatic heterocycles. The van der Waals surface area contributed by atoms with Gasteiger partial charge in [-0.15, -0.1) is 0 Å². The van der Waals surface area contributed by atoms with Gasteiger partial charge in [-0.1, -0.05) is 219 Å². The van der Waals surface area contributed by atoms with E-state index in [0.717, 1.165) is 70.6 Å². The normalized spacial score (nSPS) is 14.6. The monoisotopic (exact) mass is 828 g/mol. The molecule has 0 rings (SSSR count). The highest BCUT2D eigenvalue weighted by Crippen LogP contribution is 2.15. The highest BCUT2D eigenvalue weighted by Gasteiger charge is 2.23. The third-order valence-corrected chi connectivity index (χ3v) is 9.65. The lowest BCUT2D eigenvalue weighted by Gasteiger charge is -2.24. The maximum absolute atomic E-state index is 13.1. The van der Waals surface area contributed by atoms with Crippen LogP contribution in [0.3, 0.4) is 0 Å². The van der Waals surface area contributed by atoms with E-state index >= 15 is 0 Å². The van der Waals surface area contributed by atoms with Gasteiger partial charge < -0.3 is 20.3 Å². The van der Waals surface area contributed by atoms with E-state index in [2.05, 4.69) is 92.9 Å². The highest BCUT2D eigenvalue weighted by atomic mass is 16.5. The van der Waals surface area contributed by atoms with Crippen molar-refractivity contribution in [3.63, 3.8) is 0 Å². The van der Waals surface area contributed by atoms with Gasteiger partial charge in [0, 0.05) is 6.42 Å². The molecular formula is C54H85NO5. The molecule has 0 aliphatic carbocycles. The maximum Gasteiger partial charge on any atom is 0.306 e. The summed E-state index contributed by atoms with van der Waals surface area (Å²) in [7, 11) is 0. The summed E-state index contributed by atoms with van der Waals surface area (Å²) in [5.74, 6) is -0.667. The number of hydrogen-bond acceptors (Lipinski definition) is 5. The van der Waals surface area contributed by atoms with Gasteiger partial charge in [-0.2, -0.15) is 0 Å². The summed E-state index contributed by atoms with van der Waals surface area (Å²) >= 11 is 0. The summed E-state index contributed by atoms with van der Waals surface area (Å²) in [6, 6.07) is -0.749. The molecule has 1 amide bonds. The Morgan fingerprint density at radius 1 is 0.517 bits per heavy atom. The van der Waals surface area contributed by atoms with Crippen LogP contribution in [0.4, 0.5) is 0 Å². The number of aliphatic hydroxyl groups excluding tert-OH is 2. The van der Waals surface area contributed by atoms with E-state index in [1.807, 2.05) is 66.8 Å². The van der Waals surface area contributed by atoms with Crippen molar-refractivity contribution in [2.75, 3.05) is 6.61 Å². The molecule has 3 atom stereocenters. The van der Waals surface area contributed by atoms with E-state index in [1.165, 1.54) is 44.9 Å². The van der Waals surface area contributed by atoms with E-state index in [0.29, 0.717) is 19.3 Å². The number of ether oxygens (including phenoxy) is 1. The summed E-state index contributed by atoms with van der Waals surface area (Å²) < 4.78 is 5.83. The largest absolute Gasteiger partial charge is 0.462 e. The lowest BCUT2D eigenvalue weighted by molar-refractivity contribution is -0.150. The van der Waals surface area contributed by atoms with E-state index in [9.17, 15) is 19.8 Å². The fraction of sp³-hybridized carbons (Fsp3) is 0.556. The number of hydrogen-bond donors (Lipinski definition) is 3. The Morgan fingerprint density at radius 2 is 0.983 bits per heavy atom. The molecule has 0 aliphatic rings. The first-order chi connectivity index (χ1) is 29.5. The van der Waals surface area contributed by atoms with Gasteiger partial charge in [-0.25, -0.2) is 0 Å². The quantitative estimate of drug-likeness (QED) is 0.0248. The van der Waals surface area contributed by atoms with Crippen molar-refractivity contribution in [1.82, 2.24) is 5.32 Å². The summed E-state index contributed by atoms with van der Waals surface area (Å²) in [5.41, 5.74) is 0. The van der Waals surface area contributed by atoms with Crippen molar-refractivity contribution in [2.45, 2.75) is 187 Å². The molecule has 0 bridgehead atoms. The highest BCUT2D eigenvalue weighted by molar-refractivity contribution is 5.77. The van der Waals surface area contributed by atoms with Gasteiger partial charge >= 0.3 is 5.97 Å². The number of nitrogens with one attached hydrogen (secondary N) is 1. The third-order valence-electron chi connectivity index (χ3n) is 9.65. The van der Waals surface area contributed by atoms with Crippen LogP contribution in [-0.4, -0.2) is 46.9 Å². The molecule has 60 heavy (non-hydrogen) atoms. The van der Waals surface area contributed by atoms with E-state index in [-0.39, 0.29) is 31.3 Å². The predicted octanol–water partition coefficient (Wildman–Crippen LogP) is 13.9. The molecule has 0 saturated carbocycles. The summed E-state index contributed by atoms with van der Waals surface area (Å²) in [6.07, 6.45) is 65.2. The summed E-state index contributed by atoms with van der Waals surface area (Å²) in [6.45, 7) is 6.14. The van der Waals surface area contributed by atoms with E-state index < -0.39 is 18.2 Å². The van der Waals surface area contributed by atoms with Crippen LogP contribution in [0.5, 0.6) is 0 Å². The number of allylic oxidation sites excluding steroid dienone is 22. The van der Waals surface area contributed by atoms with Crippen molar-refractivity contribution in [3.05, 3.63) is 134 Å². The molecule has 3 unspecified atom stereocenters. The van der Waals surface area contributed by atoms with Crippen LogP contribution in [0.2, 0.25) is 0 Å². The van der Waals surface area contributed by atoms with Crippen LogP contribution < -0.4 is 5.32 Å². The molecule has 6 heteroatoms. The van der Waals surface area contributed by atoms with Gasteiger partial charge in [0.1, 0.15) is 6.10 Å². The second-order valence-corrected chi connectivity index (χ2v) is 15.2. The van der Waals surface area contributed by atoms with Crippen LogP contribution >= 0.6 is 0 Å². The topological polar surface area (TPSA) is 95.9 Å². The van der Waals surface area contributed by atoms with Gasteiger partial charge in [0.05, 0.1) is 25.2 Å². The molecule has 0 radical (unpaired) electrons. The number of unbranched alkanes of at least 4 members (excludes halogenated alkanes) is 10. The number of carbonyl (C=O) groups is 2. The van der Waals surface area contributed by atoms with E-state index in [4.69, 9.17) is 4.74 Å². The van der Waals surface area contributed by atoms with E-state index in [1.54, 1.807) is 0 Å². The molecule has 0 fully saturated rings. The zero-order valence-corrected chi connectivity index (χ0v) is 38.0. The third kappa shape index (κ3) is 40.8. The van der Waals surface area contributed by atoms with Crippen LogP contribution in [0, 0.1) is 0 Å². The number of carbonyl (C=O) groups excluding carboxylic acids is 2. The Bertz CT molecular complexity index is 1340. The Morgan fingerprint density at radius 3 is 1.50 bits per heavy atom. The first-order valence-corrected chi connectivity index (χ1v) is 23.5. The van der Waals surface area contributed by atoms with Crippen molar-refractivity contribution in [3.8, 4) is 0 Å². The number of esters is 1. The zero-order chi connectivity index (χ0) is 43.8. The second kappa shape index (κ2) is 46.1. The fourth-order valence-corrected chi connectivity index (χ4v) is 6.16. The SMILES string of the molecule is CC\C=C/C=C/C=C/C=C\C=C\C=C\CCCC(CC(=O)NC(CO)C(O)CCCCCCCCCCCC)OC(=O)CC/C=C/C/C=C/C/C=C/C/C=C/C/C=C/CC. The first kappa shape index (κ1) is 56.0. The number of aliphatic hydroxyl groups is 2. The minimum atomic E-state index is -0.827. The molecule has 0 aromatic rings. The van der Waals surface area contributed by atoms with Crippen LogP contribution in [0.1, 0.15) is 168 Å². The fourth-order valence-electron chi connectivity index (χ4n) is 6.16. The van der Waals surface area contributed by atoms with Crippen molar-refractivity contribution < 1.29 is 24.5 Å². The molecule has 336 valence electrons. The van der Waals surface area contributed by atoms with Crippen molar-refractivity contribution >= 4 is 11.9 Å². The molecule has 0 aromatic carbocycles. The van der Waals surface area contributed by atoms with Gasteiger partial charge in [0.25, 0.3) is 0 Å². The molecule has 0 heterocycles. The number of rotatable bonds is 39. The first-order valence-electron chi connectivity index (χ1n) is 23.5. The molecule has 0 spiro atoms. The molecular weight excluding hydrogens is 743 g/mol. The smallest absolute Gasteiger partial charge is 0.306 e. The lowest BCUT2D eigenvalue weighted by Crippen LogP contribution is -2.46. The average molecular weight is 828 g/mol. The Labute approximate surface area is 367 Å². The van der Waals surface area contributed by atoms with Crippen LogP contribution in [0.25, 0.3) is 0 Å². The van der Waals surface area contributed by atoms with Gasteiger partial charge in [0.2, 0.25) is 5.91 Å². The minimum absolute atomic E-state index is 0.0130. The van der Waals surface area contributed by atoms with Gasteiger partial charge in [-0.05, 0) is 70.6 Å². The second-order valence-electron chi connectivity index (χ2n) is 15.2. The van der Waals surface area contributed by atoms with Crippen LogP contribution in [-0.2, 0) is 14.3 Å². The number of amides is 1. The Hall–Kier alpha value is -4.00. The predicted molar refractivity (Wildman–Crippen MR) is 259 cm³/mol. The maximum atomic E-state index is 13.1. The Kier molecular flexibility index (Phi) is 43.0. The zero-order valence-electron chi connectivity index (χ0n) is 38.0. The lowest BCUT2D eigenvalue weighted by atomic mass is 10.0. The average Bonchev–Trinajstić information content (AvgIpc) is 3.24. The van der Waals surface area contributed by atoms with Crippen molar-refractivity contribution in [2.24, 2.45) is 0 Å². The van der Waals surface area contributed by atoms with Gasteiger partial charge in [0.15, 0.2) is 0 Å². The molecule has 6 nitrogen and oxygen atoms in total. The van der Waals surface area contributed by atoms with Crippen LogP contribution in [0.15, 0.2) is 134 Å². The molecule has 0 saturated heterocycles. The summed E-state index contributed by atoms with van der Waals surface area (Å²) in [5, 5.41) is 23.6. The summed E-state index contributed by atoms with van der Waals surface area (Å²) in [4.78, 5) is 26.0. The standard InChI is InChI=1S/C54H85NO5/c1-4-7-10-13-16-19-22-24-26-28-30-32-35-38-41-44-47-54(59)60-50(45-42-39-36-33-31-29-27-25-23-20-17-14-11-8-5-2)48-53(58)55-51(49-56)52(57)46-43-40-37-34-21-18-15-12-9-6-3/h7-8,10-11,14,16-17,19-20,23-27,29-33,36,38,41,50-52,56-57H,4-6,9,12-13,15,18,21-22,28,34-35,37,39-40,42-49H2,1-3H3,(H,55,58)/b10-7+,11-8-,17-14+,19-16+,23-20+,26-24+,27-25-,31-29+,32-30+,36-33+,41-38+. The van der Waals surface area contributed by atoms with Crippen molar-refractivity contribution in [1.29, 1.82) is 0 Å². The molecule has 3 N–H and O–H groups in total. The minimum Gasteiger partial charge on any atom is -0.462 e.